The van der Waals surface area contributed by atoms with Crippen molar-refractivity contribution < 1.29 is 13.2 Å². The fourth-order valence-corrected chi connectivity index (χ4v) is 5.00. The van der Waals surface area contributed by atoms with Gasteiger partial charge in [0.05, 0.1) is 10.6 Å². The Morgan fingerprint density at radius 3 is 2.19 bits per heavy atom. The number of fused-ring (bicyclic) bond motifs is 1. The number of carbonyl (C=O) groups is 1. The molecule has 162 valence electrons. The highest BCUT2D eigenvalue weighted by molar-refractivity contribution is 7.98. The molecule has 0 fully saturated rings. The van der Waals surface area contributed by atoms with E-state index in [4.69, 9.17) is 0 Å². The van der Waals surface area contributed by atoms with Crippen molar-refractivity contribution in [3.8, 4) is 0 Å². The van der Waals surface area contributed by atoms with Gasteiger partial charge in [-0.1, -0.05) is 36.4 Å². The van der Waals surface area contributed by atoms with Crippen LogP contribution in [0.1, 0.15) is 10.4 Å². The second-order valence-corrected chi connectivity index (χ2v) is 10.0. The van der Waals surface area contributed by atoms with E-state index in [-0.39, 0.29) is 10.8 Å². The summed E-state index contributed by atoms with van der Waals surface area (Å²) in [7, 11) is -2.20. The number of nitrogens with zero attached hydrogens (tertiary/aromatic N) is 1. The van der Waals surface area contributed by atoms with Gasteiger partial charge < -0.3 is 5.32 Å². The van der Waals surface area contributed by atoms with Crippen LogP contribution in [0.3, 0.4) is 0 Å². The Morgan fingerprint density at radius 1 is 0.844 bits per heavy atom. The summed E-state index contributed by atoms with van der Waals surface area (Å²) < 4.78 is 27.1. The van der Waals surface area contributed by atoms with E-state index in [0.717, 1.165) is 21.4 Å². The van der Waals surface area contributed by atoms with Gasteiger partial charge in [0.25, 0.3) is 15.9 Å². The average molecular weight is 463 g/mol. The Hall–Kier alpha value is -3.29. The summed E-state index contributed by atoms with van der Waals surface area (Å²) in [5.41, 5.74) is 1.64. The molecule has 4 aromatic rings. The van der Waals surface area contributed by atoms with Gasteiger partial charge in [0.2, 0.25) is 0 Å². The Morgan fingerprint density at radius 2 is 1.50 bits per heavy atom. The van der Waals surface area contributed by atoms with Crippen molar-refractivity contribution in [3.63, 3.8) is 0 Å². The Bertz CT molecular complexity index is 1360. The van der Waals surface area contributed by atoms with Gasteiger partial charge in [0.1, 0.15) is 0 Å². The quantitative estimate of drug-likeness (QED) is 0.377. The molecule has 0 saturated heterocycles. The van der Waals surface area contributed by atoms with Crippen molar-refractivity contribution in [1.29, 1.82) is 0 Å². The topological polar surface area (TPSA) is 66.5 Å². The van der Waals surface area contributed by atoms with Crippen LogP contribution in [-0.2, 0) is 10.0 Å². The zero-order valence-electron chi connectivity index (χ0n) is 17.6. The Labute approximate surface area is 192 Å². The van der Waals surface area contributed by atoms with E-state index in [1.807, 2.05) is 48.7 Å². The highest BCUT2D eigenvalue weighted by Gasteiger charge is 2.21. The predicted molar refractivity (Wildman–Crippen MR) is 132 cm³/mol. The predicted octanol–water partition coefficient (Wildman–Crippen LogP) is 5.64. The minimum Gasteiger partial charge on any atom is -0.321 e. The lowest BCUT2D eigenvalue weighted by Crippen LogP contribution is -2.26. The summed E-state index contributed by atoms with van der Waals surface area (Å²) in [5, 5.41) is 4.94. The number of benzene rings is 4. The summed E-state index contributed by atoms with van der Waals surface area (Å²) in [5.74, 6) is -0.258. The third-order valence-corrected chi connectivity index (χ3v) is 7.79. The second-order valence-electron chi connectivity index (χ2n) is 7.18. The van der Waals surface area contributed by atoms with Crippen LogP contribution in [0, 0.1) is 0 Å². The van der Waals surface area contributed by atoms with Crippen molar-refractivity contribution in [1.82, 2.24) is 0 Å². The fraction of sp³-hybridized carbons (Fsp3) is 0.0800. The monoisotopic (exact) mass is 462 g/mol. The number of hydrogen-bond donors (Lipinski definition) is 1. The lowest BCUT2D eigenvalue weighted by Gasteiger charge is -2.20. The van der Waals surface area contributed by atoms with Crippen LogP contribution in [0.25, 0.3) is 10.8 Å². The largest absolute Gasteiger partial charge is 0.321 e. The van der Waals surface area contributed by atoms with Gasteiger partial charge in [0.15, 0.2) is 0 Å². The molecule has 4 aromatic carbocycles. The van der Waals surface area contributed by atoms with Gasteiger partial charge in [0, 0.05) is 28.6 Å². The van der Waals surface area contributed by atoms with Gasteiger partial charge in [-0.2, -0.15) is 0 Å². The first-order valence-corrected chi connectivity index (χ1v) is 12.6. The molecule has 0 bridgehead atoms. The van der Waals surface area contributed by atoms with Gasteiger partial charge >= 0.3 is 0 Å². The summed E-state index contributed by atoms with van der Waals surface area (Å²) >= 11 is 1.55. The lowest BCUT2D eigenvalue weighted by molar-refractivity contribution is 0.102. The summed E-state index contributed by atoms with van der Waals surface area (Å²) in [6.45, 7) is 0. The van der Waals surface area contributed by atoms with Crippen LogP contribution in [-0.4, -0.2) is 27.6 Å². The third-order valence-electron chi connectivity index (χ3n) is 5.25. The molecule has 1 amide bonds. The standard InChI is InChI=1S/C25H22N2O3S2/c1-27(32(29,30)22-16-14-21(31-2)15-17-22)20-12-10-19(11-13-20)25(28)26-24-9-5-7-18-6-3-4-8-23(18)24/h3-17H,1-2H3,(H,26,28). The number of thioether (sulfide) groups is 1. The molecule has 0 aliphatic rings. The van der Waals surface area contributed by atoms with Crippen LogP contribution >= 0.6 is 11.8 Å². The first-order valence-electron chi connectivity index (χ1n) is 9.92. The van der Waals surface area contributed by atoms with E-state index in [0.29, 0.717) is 11.3 Å². The minimum atomic E-state index is -3.70. The fourth-order valence-electron chi connectivity index (χ4n) is 3.40. The molecular weight excluding hydrogens is 440 g/mol. The molecular formula is C25H22N2O3S2. The molecule has 0 radical (unpaired) electrons. The van der Waals surface area contributed by atoms with Crippen molar-refractivity contribution in [2.24, 2.45) is 0 Å². The normalized spacial score (nSPS) is 11.3. The molecule has 7 heteroatoms. The highest BCUT2D eigenvalue weighted by Crippen LogP contribution is 2.26. The van der Waals surface area contributed by atoms with Crippen LogP contribution < -0.4 is 9.62 Å². The van der Waals surface area contributed by atoms with Crippen molar-refractivity contribution in [2.75, 3.05) is 22.9 Å². The second kappa shape index (κ2) is 9.06. The number of sulfonamides is 1. The smallest absolute Gasteiger partial charge is 0.264 e. The van der Waals surface area contributed by atoms with Gasteiger partial charge in [-0.25, -0.2) is 8.42 Å². The maximum atomic E-state index is 13.0. The molecule has 1 N–H and O–H groups in total. The SMILES string of the molecule is CSc1ccc(S(=O)(=O)N(C)c2ccc(C(=O)Nc3cccc4ccccc34)cc2)cc1. The molecule has 0 heterocycles. The van der Waals surface area contributed by atoms with Gasteiger partial charge in [-0.3, -0.25) is 9.10 Å². The van der Waals surface area contributed by atoms with Crippen LogP contribution in [0.5, 0.6) is 0 Å². The maximum absolute atomic E-state index is 13.0. The van der Waals surface area contributed by atoms with Crippen molar-refractivity contribution in [2.45, 2.75) is 9.79 Å². The maximum Gasteiger partial charge on any atom is 0.264 e. The van der Waals surface area contributed by atoms with Crippen LogP contribution in [0.4, 0.5) is 11.4 Å². The van der Waals surface area contributed by atoms with Gasteiger partial charge in [-0.05, 0) is 66.2 Å². The summed E-state index contributed by atoms with van der Waals surface area (Å²) in [4.78, 5) is 14.0. The number of hydrogen-bond acceptors (Lipinski definition) is 4. The summed E-state index contributed by atoms with van der Waals surface area (Å²) in [6.07, 6.45) is 1.94. The van der Waals surface area contributed by atoms with E-state index in [1.54, 1.807) is 60.3 Å². The van der Waals surface area contributed by atoms with E-state index in [9.17, 15) is 13.2 Å². The first kappa shape index (κ1) is 21.9. The number of nitrogens with one attached hydrogen (secondary N) is 1. The molecule has 0 aliphatic carbocycles. The van der Waals surface area contributed by atoms with Crippen molar-refractivity contribution in [3.05, 3.63) is 96.6 Å². The molecule has 0 spiro atoms. The summed E-state index contributed by atoms with van der Waals surface area (Å²) in [6, 6.07) is 26.9. The molecule has 0 aromatic heterocycles. The Kier molecular flexibility index (Phi) is 6.21. The van der Waals surface area contributed by atoms with E-state index in [1.165, 1.54) is 11.4 Å². The number of anilines is 2. The number of amides is 1. The molecule has 4 rings (SSSR count). The third kappa shape index (κ3) is 4.35. The molecule has 5 nitrogen and oxygen atoms in total. The molecule has 0 saturated carbocycles. The lowest BCUT2D eigenvalue weighted by atomic mass is 10.1. The molecule has 0 unspecified atom stereocenters. The molecule has 0 atom stereocenters. The zero-order valence-corrected chi connectivity index (χ0v) is 19.3. The van der Waals surface area contributed by atoms with Gasteiger partial charge in [-0.15, -0.1) is 11.8 Å². The highest BCUT2D eigenvalue weighted by atomic mass is 32.2. The Balaban J connectivity index is 1.53. The van der Waals surface area contributed by atoms with E-state index in [2.05, 4.69) is 5.32 Å². The van der Waals surface area contributed by atoms with Crippen LogP contribution in [0.15, 0.2) is 101 Å². The van der Waals surface area contributed by atoms with E-state index < -0.39 is 10.0 Å². The van der Waals surface area contributed by atoms with Crippen molar-refractivity contribution >= 4 is 49.8 Å². The van der Waals surface area contributed by atoms with E-state index >= 15 is 0 Å². The average Bonchev–Trinajstić information content (AvgIpc) is 2.84. The minimum absolute atomic E-state index is 0.218. The molecule has 0 aliphatic heterocycles. The molecule has 32 heavy (non-hydrogen) atoms. The number of carbonyl (C=O) groups excluding carboxylic acids is 1. The number of rotatable bonds is 6. The zero-order chi connectivity index (χ0) is 22.7. The van der Waals surface area contributed by atoms with Crippen LogP contribution in [0.2, 0.25) is 0 Å². The first-order chi connectivity index (χ1) is 15.4.